The van der Waals surface area contributed by atoms with E-state index in [0.717, 1.165) is 16.2 Å². The normalized spacial score (nSPS) is 13.9. The molecular formula is C22H19N3O4S. The summed E-state index contributed by atoms with van der Waals surface area (Å²) in [5.41, 5.74) is 2.23. The lowest BCUT2D eigenvalue weighted by Gasteiger charge is -2.21. The van der Waals surface area contributed by atoms with Gasteiger partial charge in [0.25, 0.3) is 11.8 Å². The molecule has 4 rings (SSSR count). The molecule has 1 N–H and O–H groups in total. The van der Waals surface area contributed by atoms with Crippen LogP contribution < -0.4 is 10.1 Å². The Morgan fingerprint density at radius 1 is 1.10 bits per heavy atom. The number of fused-ring (bicyclic) bond motifs is 1. The number of benzene rings is 2. The first-order chi connectivity index (χ1) is 14.5. The fourth-order valence-corrected chi connectivity index (χ4v) is 3.96. The molecule has 1 aromatic heterocycles. The van der Waals surface area contributed by atoms with E-state index in [0.29, 0.717) is 28.6 Å². The van der Waals surface area contributed by atoms with Crippen molar-refractivity contribution in [2.45, 2.75) is 19.9 Å². The predicted octanol–water partition coefficient (Wildman–Crippen LogP) is 3.83. The minimum atomic E-state index is -0.963. The van der Waals surface area contributed by atoms with Crippen LogP contribution in [0, 0.1) is 0 Å². The largest absolute Gasteiger partial charge is 0.494 e. The zero-order valence-corrected chi connectivity index (χ0v) is 17.2. The van der Waals surface area contributed by atoms with Crippen molar-refractivity contribution < 1.29 is 19.1 Å². The van der Waals surface area contributed by atoms with E-state index in [1.807, 2.05) is 36.6 Å². The number of thiazole rings is 1. The molecule has 3 amide bonds. The summed E-state index contributed by atoms with van der Waals surface area (Å²) in [5, 5.41) is 4.93. The molecule has 0 saturated heterocycles. The van der Waals surface area contributed by atoms with E-state index in [4.69, 9.17) is 4.74 Å². The van der Waals surface area contributed by atoms with Gasteiger partial charge in [-0.25, -0.2) is 4.98 Å². The second kappa shape index (κ2) is 8.08. The van der Waals surface area contributed by atoms with Crippen molar-refractivity contribution in [2.24, 2.45) is 0 Å². The van der Waals surface area contributed by atoms with E-state index in [2.05, 4.69) is 10.3 Å². The molecule has 0 radical (unpaired) electrons. The van der Waals surface area contributed by atoms with Crippen LogP contribution in [0.1, 0.15) is 34.6 Å². The third-order valence-electron chi connectivity index (χ3n) is 4.79. The molecule has 0 spiro atoms. The van der Waals surface area contributed by atoms with Crippen LogP contribution in [-0.2, 0) is 4.79 Å². The fraction of sp³-hybridized carbons (Fsp3) is 0.182. The molecular weight excluding hydrogens is 402 g/mol. The van der Waals surface area contributed by atoms with Crippen LogP contribution in [0.25, 0.3) is 11.3 Å². The molecule has 1 aliphatic rings. The molecule has 7 nitrogen and oxygen atoms in total. The summed E-state index contributed by atoms with van der Waals surface area (Å²) >= 11 is 1.27. The topological polar surface area (TPSA) is 88.6 Å². The number of ether oxygens (including phenoxy) is 1. The van der Waals surface area contributed by atoms with Gasteiger partial charge in [-0.2, -0.15) is 0 Å². The highest BCUT2D eigenvalue weighted by atomic mass is 32.1. The van der Waals surface area contributed by atoms with Gasteiger partial charge in [0.05, 0.1) is 23.4 Å². The first-order valence-corrected chi connectivity index (χ1v) is 10.3. The molecule has 1 aliphatic heterocycles. The number of aromatic nitrogens is 1. The van der Waals surface area contributed by atoms with Gasteiger partial charge in [-0.05, 0) is 50.2 Å². The number of imide groups is 1. The maximum atomic E-state index is 12.7. The molecule has 3 aromatic rings. The third kappa shape index (κ3) is 3.57. The molecule has 1 unspecified atom stereocenters. The highest BCUT2D eigenvalue weighted by Gasteiger charge is 2.40. The lowest BCUT2D eigenvalue weighted by molar-refractivity contribution is -0.119. The van der Waals surface area contributed by atoms with Crippen LogP contribution >= 0.6 is 11.3 Å². The molecule has 0 aliphatic carbocycles. The van der Waals surface area contributed by atoms with Crippen molar-refractivity contribution in [1.82, 2.24) is 9.88 Å². The molecule has 0 bridgehead atoms. The van der Waals surface area contributed by atoms with Crippen LogP contribution in [0.15, 0.2) is 53.9 Å². The fourth-order valence-electron chi connectivity index (χ4n) is 3.24. The predicted molar refractivity (Wildman–Crippen MR) is 114 cm³/mol. The number of rotatable bonds is 6. The maximum Gasteiger partial charge on any atom is 0.262 e. The summed E-state index contributed by atoms with van der Waals surface area (Å²) < 4.78 is 5.44. The summed E-state index contributed by atoms with van der Waals surface area (Å²) in [6.07, 6.45) is 0. The number of anilines is 1. The lowest BCUT2D eigenvalue weighted by atomic mass is 10.1. The van der Waals surface area contributed by atoms with E-state index in [9.17, 15) is 14.4 Å². The van der Waals surface area contributed by atoms with Gasteiger partial charge in [0.15, 0.2) is 5.13 Å². The van der Waals surface area contributed by atoms with Gasteiger partial charge in [0, 0.05) is 10.9 Å². The van der Waals surface area contributed by atoms with Crippen LogP contribution in [0.3, 0.4) is 0 Å². The summed E-state index contributed by atoms with van der Waals surface area (Å²) in [5.74, 6) is -0.628. The van der Waals surface area contributed by atoms with Crippen molar-refractivity contribution in [2.75, 3.05) is 11.9 Å². The quantitative estimate of drug-likeness (QED) is 0.611. The zero-order valence-electron chi connectivity index (χ0n) is 16.4. The van der Waals surface area contributed by atoms with Crippen molar-refractivity contribution >= 4 is 34.2 Å². The van der Waals surface area contributed by atoms with Gasteiger partial charge < -0.3 is 10.1 Å². The number of hydrogen-bond donors (Lipinski definition) is 1. The SMILES string of the molecule is CCOc1ccc(-c2csc(NC(=O)C(C)N3C(=O)c4ccccc4C3=O)n2)cc1. The number of carbonyl (C=O) groups excluding carboxylic acids is 3. The summed E-state index contributed by atoms with van der Waals surface area (Å²) in [7, 11) is 0. The van der Waals surface area contributed by atoms with Crippen molar-refractivity contribution in [3.05, 3.63) is 65.0 Å². The van der Waals surface area contributed by atoms with Gasteiger partial charge in [-0.3, -0.25) is 19.3 Å². The molecule has 0 saturated carbocycles. The van der Waals surface area contributed by atoms with Gasteiger partial charge >= 0.3 is 0 Å². The van der Waals surface area contributed by atoms with Crippen LogP contribution in [0.5, 0.6) is 5.75 Å². The highest BCUT2D eigenvalue weighted by molar-refractivity contribution is 7.14. The van der Waals surface area contributed by atoms with E-state index in [1.54, 1.807) is 24.3 Å². The Morgan fingerprint density at radius 2 is 1.73 bits per heavy atom. The number of carbonyl (C=O) groups is 3. The van der Waals surface area contributed by atoms with E-state index in [1.165, 1.54) is 18.3 Å². The van der Waals surface area contributed by atoms with Gasteiger partial charge in [0.1, 0.15) is 11.8 Å². The zero-order chi connectivity index (χ0) is 21.3. The Balaban J connectivity index is 1.46. The number of nitrogens with zero attached hydrogens (tertiary/aromatic N) is 2. The molecule has 2 heterocycles. The molecule has 152 valence electrons. The molecule has 1 atom stereocenters. The number of amides is 3. The molecule has 8 heteroatoms. The van der Waals surface area contributed by atoms with Crippen molar-refractivity contribution in [3.8, 4) is 17.0 Å². The lowest BCUT2D eigenvalue weighted by Crippen LogP contribution is -2.45. The molecule has 2 aromatic carbocycles. The average Bonchev–Trinajstić information content (AvgIpc) is 3.32. The molecule has 30 heavy (non-hydrogen) atoms. The Bertz CT molecular complexity index is 1090. The van der Waals surface area contributed by atoms with Crippen molar-refractivity contribution in [1.29, 1.82) is 0 Å². The maximum absolute atomic E-state index is 12.7. The first-order valence-electron chi connectivity index (χ1n) is 9.46. The number of hydrogen-bond acceptors (Lipinski definition) is 6. The minimum Gasteiger partial charge on any atom is -0.494 e. The first kappa shape index (κ1) is 19.8. The third-order valence-corrected chi connectivity index (χ3v) is 5.55. The second-order valence-electron chi connectivity index (χ2n) is 6.69. The summed E-state index contributed by atoms with van der Waals surface area (Å²) in [6, 6.07) is 13.1. The monoisotopic (exact) mass is 421 g/mol. The number of nitrogens with one attached hydrogen (secondary N) is 1. The Hall–Kier alpha value is -3.52. The van der Waals surface area contributed by atoms with Gasteiger partial charge in [0.2, 0.25) is 5.91 Å². The Labute approximate surface area is 177 Å². The average molecular weight is 421 g/mol. The van der Waals surface area contributed by atoms with Crippen LogP contribution in [0.4, 0.5) is 5.13 Å². The highest BCUT2D eigenvalue weighted by Crippen LogP contribution is 2.28. The second-order valence-corrected chi connectivity index (χ2v) is 7.54. The smallest absolute Gasteiger partial charge is 0.262 e. The van der Waals surface area contributed by atoms with E-state index >= 15 is 0 Å². The summed E-state index contributed by atoms with van der Waals surface area (Å²) in [4.78, 5) is 43.3. The van der Waals surface area contributed by atoms with E-state index in [-0.39, 0.29) is 0 Å². The minimum absolute atomic E-state index is 0.314. The Kier molecular flexibility index (Phi) is 5.33. The Morgan fingerprint density at radius 3 is 2.33 bits per heavy atom. The van der Waals surface area contributed by atoms with Crippen molar-refractivity contribution in [3.63, 3.8) is 0 Å². The van der Waals surface area contributed by atoms with Crippen LogP contribution in [0.2, 0.25) is 0 Å². The van der Waals surface area contributed by atoms with E-state index < -0.39 is 23.8 Å². The summed E-state index contributed by atoms with van der Waals surface area (Å²) in [6.45, 7) is 4.04. The van der Waals surface area contributed by atoms with Gasteiger partial charge in [-0.15, -0.1) is 11.3 Å². The van der Waals surface area contributed by atoms with Gasteiger partial charge in [-0.1, -0.05) is 12.1 Å². The van der Waals surface area contributed by atoms with Crippen LogP contribution in [-0.4, -0.2) is 40.3 Å². The molecule has 0 fully saturated rings. The standard InChI is InChI=1S/C22H19N3O4S/c1-3-29-15-10-8-14(9-11-15)18-12-30-22(23-18)24-19(26)13(2)25-20(27)16-6-4-5-7-17(16)21(25)28/h4-13H,3H2,1-2H3,(H,23,24,26).